The van der Waals surface area contributed by atoms with Gasteiger partial charge in [0.2, 0.25) is 5.91 Å². The number of halogens is 1. The minimum atomic E-state index is -3.70. The van der Waals surface area contributed by atoms with Crippen molar-refractivity contribution < 1.29 is 18.0 Å². The number of nitrogens with zero attached hydrogens (tertiary/aromatic N) is 1. The van der Waals surface area contributed by atoms with Crippen LogP contribution in [0.2, 0.25) is 5.02 Å². The molecule has 4 aromatic rings. The summed E-state index contributed by atoms with van der Waals surface area (Å²) in [5.41, 5.74) is 2.30. The lowest BCUT2D eigenvalue weighted by molar-refractivity contribution is -0.115. The van der Waals surface area contributed by atoms with Crippen LogP contribution in [0.1, 0.15) is 21.5 Å². The van der Waals surface area contributed by atoms with Gasteiger partial charge in [-0.15, -0.1) is 0 Å². The first-order valence-electron chi connectivity index (χ1n) is 11.1. The Morgan fingerprint density at radius 1 is 0.833 bits per heavy atom. The molecule has 0 aliphatic heterocycles. The van der Waals surface area contributed by atoms with Gasteiger partial charge < -0.3 is 5.32 Å². The first-order chi connectivity index (χ1) is 17.3. The van der Waals surface area contributed by atoms with E-state index in [1.54, 1.807) is 78.9 Å². The van der Waals surface area contributed by atoms with E-state index in [4.69, 9.17) is 11.6 Å². The number of hydrogen-bond acceptors (Lipinski definition) is 4. The molecular formula is C28H23ClN2O4S. The third-order valence-electron chi connectivity index (χ3n) is 5.60. The Morgan fingerprint density at radius 2 is 1.44 bits per heavy atom. The van der Waals surface area contributed by atoms with E-state index in [0.717, 1.165) is 0 Å². The molecule has 0 spiro atoms. The number of benzene rings is 4. The molecule has 0 heterocycles. The highest BCUT2D eigenvalue weighted by molar-refractivity contribution is 7.92. The zero-order chi connectivity index (χ0) is 25.7. The van der Waals surface area contributed by atoms with Gasteiger partial charge >= 0.3 is 0 Å². The van der Waals surface area contributed by atoms with Gasteiger partial charge in [0.25, 0.3) is 10.0 Å². The first-order valence-corrected chi connectivity index (χ1v) is 12.9. The average molecular weight is 519 g/mol. The van der Waals surface area contributed by atoms with Crippen LogP contribution in [0.5, 0.6) is 0 Å². The molecule has 0 aliphatic rings. The highest BCUT2D eigenvalue weighted by Crippen LogP contribution is 2.25. The number of rotatable bonds is 8. The summed E-state index contributed by atoms with van der Waals surface area (Å²) in [6.45, 7) is 0. The molecular weight excluding hydrogens is 496 g/mol. The molecule has 0 saturated carbocycles. The smallest absolute Gasteiger partial charge is 0.264 e. The number of hydrogen-bond donors (Lipinski definition) is 1. The molecule has 1 amide bonds. The van der Waals surface area contributed by atoms with Crippen molar-refractivity contribution in [3.8, 4) is 0 Å². The second kappa shape index (κ2) is 10.8. The Morgan fingerprint density at radius 3 is 2.08 bits per heavy atom. The second-order valence-electron chi connectivity index (χ2n) is 8.06. The SMILES string of the molecule is CN(c1ccc(CC(=O)Nc2ccc(Cl)cc2C(=O)c2ccccc2)cc1)S(=O)(=O)c1ccccc1. The van der Waals surface area contributed by atoms with Gasteiger partial charge in [-0.2, -0.15) is 0 Å². The maximum atomic E-state index is 13.0. The number of anilines is 2. The maximum absolute atomic E-state index is 13.0. The third-order valence-corrected chi connectivity index (χ3v) is 7.64. The highest BCUT2D eigenvalue weighted by Gasteiger charge is 2.21. The summed E-state index contributed by atoms with van der Waals surface area (Å²) >= 11 is 6.11. The molecule has 1 N–H and O–H groups in total. The van der Waals surface area contributed by atoms with Crippen molar-refractivity contribution in [1.82, 2.24) is 0 Å². The lowest BCUT2D eigenvalue weighted by atomic mass is 10.0. The molecule has 4 aromatic carbocycles. The molecule has 0 aliphatic carbocycles. The van der Waals surface area contributed by atoms with Gasteiger partial charge in [0, 0.05) is 23.2 Å². The number of ketones is 1. The Bertz CT molecular complexity index is 1490. The molecule has 0 radical (unpaired) electrons. The standard InChI is InChI=1S/C28H23ClN2O4S/c1-31(36(34,35)24-10-6-3-7-11-24)23-15-12-20(13-16-23)18-27(32)30-26-17-14-22(29)19-25(26)28(33)21-8-4-2-5-9-21/h2-17,19H,18H2,1H3,(H,30,32). The average Bonchev–Trinajstić information content (AvgIpc) is 2.90. The fourth-order valence-electron chi connectivity index (χ4n) is 3.65. The zero-order valence-corrected chi connectivity index (χ0v) is 21.0. The Kier molecular flexibility index (Phi) is 7.52. The van der Waals surface area contributed by atoms with Gasteiger partial charge in [0.05, 0.1) is 22.7 Å². The summed E-state index contributed by atoms with van der Waals surface area (Å²) in [6, 6.07) is 28.4. The molecule has 182 valence electrons. The van der Waals surface area contributed by atoms with E-state index in [0.29, 0.717) is 33.1 Å². The molecule has 0 atom stereocenters. The highest BCUT2D eigenvalue weighted by atomic mass is 35.5. The van der Waals surface area contributed by atoms with Gasteiger partial charge in [0.1, 0.15) is 0 Å². The molecule has 8 heteroatoms. The van der Waals surface area contributed by atoms with Gasteiger partial charge in [-0.25, -0.2) is 8.42 Å². The summed E-state index contributed by atoms with van der Waals surface area (Å²) in [5.74, 6) is -0.571. The van der Waals surface area contributed by atoms with E-state index in [1.807, 2.05) is 6.07 Å². The van der Waals surface area contributed by atoms with Gasteiger partial charge in [-0.05, 0) is 48.0 Å². The van der Waals surface area contributed by atoms with Crippen LogP contribution in [-0.4, -0.2) is 27.2 Å². The van der Waals surface area contributed by atoms with E-state index in [2.05, 4.69) is 5.32 Å². The fourth-order valence-corrected chi connectivity index (χ4v) is 5.04. The quantitative estimate of drug-likeness (QED) is 0.309. The van der Waals surface area contributed by atoms with Crippen molar-refractivity contribution >= 4 is 44.7 Å². The summed E-state index contributed by atoms with van der Waals surface area (Å²) in [4.78, 5) is 26.0. The molecule has 6 nitrogen and oxygen atoms in total. The number of carbonyl (C=O) groups excluding carboxylic acids is 2. The Balaban J connectivity index is 1.47. The summed E-state index contributed by atoms with van der Waals surface area (Å²) < 4.78 is 26.9. The van der Waals surface area contributed by atoms with E-state index >= 15 is 0 Å². The molecule has 4 rings (SSSR count). The normalized spacial score (nSPS) is 11.1. The van der Waals surface area contributed by atoms with E-state index < -0.39 is 10.0 Å². The van der Waals surface area contributed by atoms with Crippen LogP contribution in [0.4, 0.5) is 11.4 Å². The van der Waals surface area contributed by atoms with Crippen LogP contribution in [0.3, 0.4) is 0 Å². The Labute approximate surface area is 215 Å². The Hall–Kier alpha value is -3.94. The van der Waals surface area contributed by atoms with Crippen LogP contribution in [0, 0.1) is 0 Å². The minimum Gasteiger partial charge on any atom is -0.325 e. The zero-order valence-electron chi connectivity index (χ0n) is 19.4. The van der Waals surface area contributed by atoms with Crippen molar-refractivity contribution in [2.75, 3.05) is 16.7 Å². The predicted octanol–water partition coefficient (Wildman–Crippen LogP) is 5.58. The largest absolute Gasteiger partial charge is 0.325 e. The predicted molar refractivity (Wildman–Crippen MR) is 142 cm³/mol. The minimum absolute atomic E-state index is 0.0387. The number of nitrogens with one attached hydrogen (secondary N) is 1. The van der Waals surface area contributed by atoms with Crippen LogP contribution in [0.25, 0.3) is 0 Å². The second-order valence-corrected chi connectivity index (χ2v) is 10.5. The molecule has 0 fully saturated rings. The molecule has 0 bridgehead atoms. The lowest BCUT2D eigenvalue weighted by Gasteiger charge is -2.19. The summed E-state index contributed by atoms with van der Waals surface area (Å²) in [5, 5.41) is 3.18. The van der Waals surface area contributed by atoms with Crippen molar-refractivity contribution in [3.63, 3.8) is 0 Å². The first kappa shape index (κ1) is 25.2. The number of sulfonamides is 1. The van der Waals surface area contributed by atoms with E-state index in [9.17, 15) is 18.0 Å². The molecule has 0 saturated heterocycles. The van der Waals surface area contributed by atoms with Crippen LogP contribution in [-0.2, 0) is 21.2 Å². The molecule has 36 heavy (non-hydrogen) atoms. The van der Waals surface area contributed by atoms with Crippen LogP contribution >= 0.6 is 11.6 Å². The van der Waals surface area contributed by atoms with Crippen LogP contribution in [0.15, 0.2) is 108 Å². The van der Waals surface area contributed by atoms with Crippen molar-refractivity contribution in [2.45, 2.75) is 11.3 Å². The summed E-state index contributed by atoms with van der Waals surface area (Å²) in [7, 11) is -2.21. The fraction of sp³-hybridized carbons (Fsp3) is 0.0714. The van der Waals surface area contributed by atoms with E-state index in [1.165, 1.54) is 29.6 Å². The summed E-state index contributed by atoms with van der Waals surface area (Å²) in [6.07, 6.45) is 0.0387. The van der Waals surface area contributed by atoms with Crippen molar-refractivity contribution in [3.05, 3.63) is 125 Å². The molecule has 0 unspecified atom stereocenters. The maximum Gasteiger partial charge on any atom is 0.264 e. The van der Waals surface area contributed by atoms with Gasteiger partial charge in [-0.1, -0.05) is 72.3 Å². The topological polar surface area (TPSA) is 83.6 Å². The van der Waals surface area contributed by atoms with Gasteiger partial charge in [-0.3, -0.25) is 13.9 Å². The van der Waals surface area contributed by atoms with Crippen LogP contribution < -0.4 is 9.62 Å². The lowest BCUT2D eigenvalue weighted by Crippen LogP contribution is -2.26. The van der Waals surface area contributed by atoms with Crippen molar-refractivity contribution in [2.24, 2.45) is 0 Å². The van der Waals surface area contributed by atoms with Gasteiger partial charge in [0.15, 0.2) is 5.78 Å². The molecule has 0 aromatic heterocycles. The number of amides is 1. The van der Waals surface area contributed by atoms with E-state index in [-0.39, 0.29) is 23.0 Å². The third kappa shape index (κ3) is 5.64. The monoisotopic (exact) mass is 518 g/mol. The number of carbonyl (C=O) groups is 2. The van der Waals surface area contributed by atoms with Crippen molar-refractivity contribution in [1.29, 1.82) is 0 Å².